The van der Waals surface area contributed by atoms with E-state index < -0.39 is 0 Å². The second kappa shape index (κ2) is 7.33. The molecule has 2 nitrogen and oxygen atoms in total. The van der Waals surface area contributed by atoms with Crippen molar-refractivity contribution in [3.05, 3.63) is 28.8 Å². The van der Waals surface area contributed by atoms with E-state index in [1.165, 1.54) is 37.8 Å². The van der Waals surface area contributed by atoms with Gasteiger partial charge in [-0.2, -0.15) is 0 Å². The van der Waals surface area contributed by atoms with Crippen LogP contribution in [0.25, 0.3) is 0 Å². The molecule has 1 aliphatic rings. The second-order valence-corrected chi connectivity index (χ2v) is 6.71. The van der Waals surface area contributed by atoms with Gasteiger partial charge >= 0.3 is 0 Å². The molecule has 1 aliphatic carbocycles. The number of nitrogens with zero attached hydrogens (tertiary/aromatic N) is 1. The van der Waals surface area contributed by atoms with E-state index in [0.717, 1.165) is 23.0 Å². The van der Waals surface area contributed by atoms with Crippen molar-refractivity contribution in [1.82, 2.24) is 0 Å². The van der Waals surface area contributed by atoms with Gasteiger partial charge in [0.1, 0.15) is 0 Å². The summed E-state index contributed by atoms with van der Waals surface area (Å²) < 4.78 is 0. The molecule has 112 valence electrons. The van der Waals surface area contributed by atoms with Crippen LogP contribution in [0.3, 0.4) is 0 Å². The van der Waals surface area contributed by atoms with Crippen molar-refractivity contribution in [3.63, 3.8) is 0 Å². The molecule has 0 bridgehead atoms. The Morgan fingerprint density at radius 1 is 1.30 bits per heavy atom. The zero-order valence-corrected chi connectivity index (χ0v) is 13.5. The van der Waals surface area contributed by atoms with Gasteiger partial charge < -0.3 is 10.6 Å². The predicted octanol–water partition coefficient (Wildman–Crippen LogP) is 4.59. The first-order valence-corrected chi connectivity index (χ1v) is 8.24. The minimum atomic E-state index is 0.551. The Bertz CT molecular complexity index is 425. The van der Waals surface area contributed by atoms with Gasteiger partial charge in [-0.25, -0.2) is 0 Å². The Kier molecular flexibility index (Phi) is 5.74. The lowest BCUT2D eigenvalue weighted by atomic mass is 10.1. The first-order chi connectivity index (χ1) is 9.61. The summed E-state index contributed by atoms with van der Waals surface area (Å²) in [4.78, 5) is 2.54. The molecule has 1 saturated carbocycles. The number of anilines is 1. The molecule has 0 radical (unpaired) electrons. The van der Waals surface area contributed by atoms with Crippen LogP contribution in [0.2, 0.25) is 5.02 Å². The Hall–Kier alpha value is -0.730. The molecule has 1 aromatic carbocycles. The minimum Gasteiger partial charge on any atom is -0.367 e. The fourth-order valence-electron chi connectivity index (χ4n) is 3.02. The Balaban J connectivity index is 2.20. The maximum atomic E-state index is 6.50. The maximum Gasteiger partial charge on any atom is 0.0642 e. The fraction of sp³-hybridized carbons (Fsp3) is 0.647. The normalized spacial score (nSPS) is 16.1. The molecule has 3 heteroatoms. The van der Waals surface area contributed by atoms with Crippen LogP contribution in [0.1, 0.15) is 51.5 Å². The summed E-state index contributed by atoms with van der Waals surface area (Å²) in [5.41, 5.74) is 7.99. The highest BCUT2D eigenvalue weighted by atomic mass is 35.5. The first kappa shape index (κ1) is 15.7. The smallest absolute Gasteiger partial charge is 0.0642 e. The summed E-state index contributed by atoms with van der Waals surface area (Å²) in [6.07, 6.45) is 6.51. The van der Waals surface area contributed by atoms with E-state index in [1.54, 1.807) is 0 Å². The average Bonchev–Trinajstić information content (AvgIpc) is 2.94. The standard InChI is InChI=1S/C17H27ClN2/c1-13(2)9-10-20(15-5-3-4-6-15)17-8-7-14(12-19)11-16(17)18/h7-8,11,13,15H,3-6,9-10,12,19H2,1-2H3. The third kappa shape index (κ3) is 3.89. The molecule has 0 aliphatic heterocycles. The molecular weight excluding hydrogens is 268 g/mol. The van der Waals surface area contributed by atoms with Gasteiger partial charge in [-0.1, -0.05) is 44.4 Å². The van der Waals surface area contributed by atoms with E-state index in [9.17, 15) is 0 Å². The lowest BCUT2D eigenvalue weighted by molar-refractivity contribution is 0.528. The molecule has 0 aromatic heterocycles. The number of hydrogen-bond acceptors (Lipinski definition) is 2. The van der Waals surface area contributed by atoms with Crippen molar-refractivity contribution >= 4 is 17.3 Å². The van der Waals surface area contributed by atoms with Crippen LogP contribution in [-0.2, 0) is 6.54 Å². The van der Waals surface area contributed by atoms with Gasteiger partial charge in [0.2, 0.25) is 0 Å². The largest absolute Gasteiger partial charge is 0.367 e. The zero-order valence-electron chi connectivity index (χ0n) is 12.7. The molecule has 0 spiro atoms. The van der Waals surface area contributed by atoms with E-state index in [1.807, 2.05) is 6.07 Å². The van der Waals surface area contributed by atoms with Gasteiger partial charge in [-0.15, -0.1) is 0 Å². The van der Waals surface area contributed by atoms with Gasteiger partial charge in [-0.3, -0.25) is 0 Å². The Labute approximate surface area is 128 Å². The number of halogens is 1. The topological polar surface area (TPSA) is 29.3 Å². The third-order valence-corrected chi connectivity index (χ3v) is 4.57. The summed E-state index contributed by atoms with van der Waals surface area (Å²) in [6, 6.07) is 6.95. The van der Waals surface area contributed by atoms with Crippen molar-refractivity contribution in [1.29, 1.82) is 0 Å². The van der Waals surface area contributed by atoms with Crippen LogP contribution >= 0.6 is 11.6 Å². The first-order valence-electron chi connectivity index (χ1n) is 7.87. The van der Waals surface area contributed by atoms with E-state index >= 15 is 0 Å². The molecule has 20 heavy (non-hydrogen) atoms. The van der Waals surface area contributed by atoms with Gasteiger partial charge in [0, 0.05) is 19.1 Å². The van der Waals surface area contributed by atoms with Crippen LogP contribution in [-0.4, -0.2) is 12.6 Å². The molecule has 0 atom stereocenters. The van der Waals surface area contributed by atoms with Gasteiger partial charge in [0.15, 0.2) is 0 Å². The molecule has 2 rings (SSSR count). The van der Waals surface area contributed by atoms with Crippen molar-refractivity contribution in [2.45, 2.75) is 58.5 Å². The summed E-state index contributed by atoms with van der Waals surface area (Å²) in [5, 5.41) is 0.851. The lowest BCUT2D eigenvalue weighted by Gasteiger charge is -2.32. The maximum absolute atomic E-state index is 6.50. The zero-order chi connectivity index (χ0) is 14.5. The fourth-order valence-corrected chi connectivity index (χ4v) is 3.33. The predicted molar refractivity (Wildman–Crippen MR) is 88.4 cm³/mol. The third-order valence-electron chi connectivity index (χ3n) is 4.27. The number of nitrogens with two attached hydrogens (primary N) is 1. The van der Waals surface area contributed by atoms with Crippen LogP contribution in [0.5, 0.6) is 0 Å². The van der Waals surface area contributed by atoms with E-state index in [2.05, 4.69) is 30.9 Å². The van der Waals surface area contributed by atoms with Crippen molar-refractivity contribution in [3.8, 4) is 0 Å². The number of benzene rings is 1. The average molecular weight is 295 g/mol. The monoisotopic (exact) mass is 294 g/mol. The Morgan fingerprint density at radius 3 is 2.55 bits per heavy atom. The molecular formula is C17H27ClN2. The molecule has 0 heterocycles. The van der Waals surface area contributed by atoms with Crippen LogP contribution in [0, 0.1) is 5.92 Å². The highest BCUT2D eigenvalue weighted by Crippen LogP contribution is 2.34. The van der Waals surface area contributed by atoms with E-state index in [4.69, 9.17) is 17.3 Å². The lowest BCUT2D eigenvalue weighted by Crippen LogP contribution is -2.35. The SMILES string of the molecule is CC(C)CCN(c1ccc(CN)cc1Cl)C1CCCC1. The van der Waals surface area contributed by atoms with E-state index in [0.29, 0.717) is 12.6 Å². The van der Waals surface area contributed by atoms with Gasteiger partial charge in [-0.05, 0) is 42.9 Å². The molecule has 2 N–H and O–H groups in total. The second-order valence-electron chi connectivity index (χ2n) is 6.30. The van der Waals surface area contributed by atoms with Gasteiger partial charge in [0.25, 0.3) is 0 Å². The molecule has 0 amide bonds. The van der Waals surface area contributed by atoms with Crippen LogP contribution in [0.15, 0.2) is 18.2 Å². The summed E-state index contributed by atoms with van der Waals surface area (Å²) in [7, 11) is 0. The highest BCUT2D eigenvalue weighted by Gasteiger charge is 2.24. The number of rotatable bonds is 6. The highest BCUT2D eigenvalue weighted by molar-refractivity contribution is 6.33. The van der Waals surface area contributed by atoms with Crippen molar-refractivity contribution in [2.24, 2.45) is 11.7 Å². The molecule has 0 saturated heterocycles. The molecule has 1 fully saturated rings. The summed E-state index contributed by atoms with van der Waals surface area (Å²) in [5.74, 6) is 0.723. The van der Waals surface area contributed by atoms with Crippen molar-refractivity contribution < 1.29 is 0 Å². The van der Waals surface area contributed by atoms with Crippen LogP contribution in [0.4, 0.5) is 5.69 Å². The van der Waals surface area contributed by atoms with Crippen LogP contribution < -0.4 is 10.6 Å². The molecule has 1 aromatic rings. The Morgan fingerprint density at radius 2 is 2.00 bits per heavy atom. The summed E-state index contributed by atoms with van der Waals surface area (Å²) in [6.45, 7) is 6.22. The minimum absolute atomic E-state index is 0.551. The molecule has 0 unspecified atom stereocenters. The van der Waals surface area contributed by atoms with E-state index in [-0.39, 0.29) is 0 Å². The van der Waals surface area contributed by atoms with Gasteiger partial charge in [0.05, 0.1) is 10.7 Å². The quantitative estimate of drug-likeness (QED) is 0.831. The summed E-state index contributed by atoms with van der Waals surface area (Å²) >= 11 is 6.50. The number of hydrogen-bond donors (Lipinski definition) is 1. The van der Waals surface area contributed by atoms with Crippen molar-refractivity contribution in [2.75, 3.05) is 11.4 Å².